The van der Waals surface area contributed by atoms with Crippen molar-refractivity contribution in [2.24, 2.45) is 11.8 Å². The van der Waals surface area contributed by atoms with E-state index in [4.69, 9.17) is 0 Å². The number of aryl methyl sites for hydroxylation is 1. The van der Waals surface area contributed by atoms with Gasteiger partial charge in [-0.3, -0.25) is 0 Å². The molecule has 0 nitrogen and oxygen atoms in total. The number of hydrogen-bond donors (Lipinski definition) is 0. The molecule has 0 aliphatic heterocycles. The van der Waals surface area contributed by atoms with Crippen LogP contribution in [0.3, 0.4) is 0 Å². The molecule has 0 radical (unpaired) electrons. The Morgan fingerprint density at radius 1 is 0.955 bits per heavy atom. The lowest BCUT2D eigenvalue weighted by molar-refractivity contribution is 0.249. The molecule has 1 aromatic rings. The highest BCUT2D eigenvalue weighted by Crippen LogP contribution is 2.34. The zero-order valence-corrected chi connectivity index (χ0v) is 14.1. The summed E-state index contributed by atoms with van der Waals surface area (Å²) in [6, 6.07) is 8.31. The van der Waals surface area contributed by atoms with Crippen LogP contribution in [-0.2, 0) is 6.42 Å². The molecule has 122 valence electrons. The van der Waals surface area contributed by atoms with Gasteiger partial charge in [0.25, 0.3) is 0 Å². The maximum atomic E-state index is 12.1. The molecule has 1 heteroatoms. The molecule has 0 aromatic heterocycles. The molecule has 1 aromatic carbocycles. The van der Waals surface area contributed by atoms with Crippen LogP contribution in [0.25, 0.3) is 6.08 Å². The quantitative estimate of drug-likeness (QED) is 0.456. The highest BCUT2D eigenvalue weighted by Gasteiger charge is 2.20. The summed E-state index contributed by atoms with van der Waals surface area (Å²) in [7, 11) is 0. The Morgan fingerprint density at radius 2 is 1.59 bits per heavy atom. The van der Waals surface area contributed by atoms with E-state index in [0.717, 1.165) is 17.4 Å². The van der Waals surface area contributed by atoms with Crippen LogP contribution in [0.5, 0.6) is 0 Å². The fourth-order valence-corrected chi connectivity index (χ4v) is 3.73. The van der Waals surface area contributed by atoms with Crippen molar-refractivity contribution < 1.29 is 4.39 Å². The van der Waals surface area contributed by atoms with Crippen LogP contribution in [0.4, 0.5) is 4.39 Å². The largest absolute Gasteiger partial charge is 0.216 e. The molecule has 0 heterocycles. The van der Waals surface area contributed by atoms with Gasteiger partial charge in [-0.1, -0.05) is 82.6 Å². The average molecular weight is 302 g/mol. The van der Waals surface area contributed by atoms with E-state index in [2.05, 4.69) is 19.1 Å². The van der Waals surface area contributed by atoms with Crippen molar-refractivity contribution in [1.82, 2.24) is 0 Å². The van der Waals surface area contributed by atoms with E-state index in [-0.39, 0.29) is 0 Å². The van der Waals surface area contributed by atoms with Crippen molar-refractivity contribution >= 4 is 6.08 Å². The number of halogens is 1. The lowest BCUT2D eigenvalue weighted by atomic mass is 9.78. The Bertz CT molecular complexity index is 424. The molecule has 1 saturated carbocycles. The Kier molecular flexibility index (Phi) is 7.70. The van der Waals surface area contributed by atoms with E-state index in [0.29, 0.717) is 6.33 Å². The van der Waals surface area contributed by atoms with Crippen LogP contribution < -0.4 is 0 Å². The van der Waals surface area contributed by atoms with Gasteiger partial charge in [0.15, 0.2) is 0 Å². The third-order valence-corrected chi connectivity index (χ3v) is 5.26. The molecule has 1 aliphatic carbocycles. The maximum Gasteiger partial charge on any atom is 0.0872 e. The number of unbranched alkanes of at least 4 members (excludes halogenated alkanes) is 2. The van der Waals surface area contributed by atoms with Gasteiger partial charge in [-0.05, 0) is 41.9 Å². The molecular formula is C21H31F. The normalized spacial score (nSPS) is 22.3. The summed E-state index contributed by atoms with van der Waals surface area (Å²) in [5.41, 5.74) is 2.33. The summed E-state index contributed by atoms with van der Waals surface area (Å²) < 4.78 is 12.1. The minimum absolute atomic E-state index is 0.605. The first-order valence-corrected chi connectivity index (χ1v) is 9.17. The summed E-state index contributed by atoms with van der Waals surface area (Å²) in [5.74, 6) is 1.93. The fraction of sp³-hybridized carbons (Fsp3) is 0.619. The van der Waals surface area contributed by atoms with Crippen molar-refractivity contribution in [3.8, 4) is 0 Å². The van der Waals surface area contributed by atoms with Crippen molar-refractivity contribution in [2.45, 2.75) is 71.1 Å². The predicted molar refractivity (Wildman–Crippen MR) is 94.5 cm³/mol. The zero-order chi connectivity index (χ0) is 15.6. The van der Waals surface area contributed by atoms with Gasteiger partial charge in [0, 0.05) is 0 Å². The Labute approximate surface area is 135 Å². The molecule has 0 spiro atoms. The van der Waals surface area contributed by atoms with Crippen LogP contribution in [-0.4, -0.2) is 0 Å². The van der Waals surface area contributed by atoms with Crippen LogP contribution in [0, 0.1) is 11.8 Å². The Morgan fingerprint density at radius 3 is 2.18 bits per heavy atom. The lowest BCUT2D eigenvalue weighted by Crippen LogP contribution is -2.15. The van der Waals surface area contributed by atoms with Gasteiger partial charge in [-0.2, -0.15) is 0 Å². The first kappa shape index (κ1) is 17.2. The van der Waals surface area contributed by atoms with Crippen molar-refractivity contribution in [1.29, 1.82) is 0 Å². The third kappa shape index (κ3) is 5.94. The second-order valence-corrected chi connectivity index (χ2v) is 6.96. The SMILES string of the molecule is CCCCCC1CCC(CCc2ccc(/C=C/F)cc2)CC1. The molecule has 2 rings (SSSR count). The Balaban J connectivity index is 1.66. The van der Waals surface area contributed by atoms with E-state index in [1.807, 2.05) is 12.1 Å². The fourth-order valence-electron chi connectivity index (χ4n) is 3.73. The molecule has 0 atom stereocenters. The number of benzene rings is 1. The molecule has 22 heavy (non-hydrogen) atoms. The van der Waals surface area contributed by atoms with Crippen LogP contribution in [0.15, 0.2) is 30.6 Å². The second-order valence-electron chi connectivity index (χ2n) is 6.96. The smallest absolute Gasteiger partial charge is 0.0872 e. The molecule has 0 bridgehead atoms. The van der Waals surface area contributed by atoms with E-state index in [1.165, 1.54) is 75.8 Å². The minimum Gasteiger partial charge on any atom is -0.216 e. The van der Waals surface area contributed by atoms with Gasteiger partial charge < -0.3 is 0 Å². The summed E-state index contributed by atoms with van der Waals surface area (Å²) in [6.45, 7) is 2.29. The van der Waals surface area contributed by atoms with E-state index in [1.54, 1.807) is 0 Å². The van der Waals surface area contributed by atoms with Gasteiger partial charge in [0.05, 0.1) is 6.33 Å². The van der Waals surface area contributed by atoms with Crippen molar-refractivity contribution in [2.75, 3.05) is 0 Å². The molecule has 0 N–H and O–H groups in total. The lowest BCUT2D eigenvalue weighted by Gasteiger charge is -2.28. The first-order chi connectivity index (χ1) is 10.8. The van der Waals surface area contributed by atoms with Gasteiger partial charge in [-0.25, -0.2) is 4.39 Å². The van der Waals surface area contributed by atoms with Gasteiger partial charge in [0.2, 0.25) is 0 Å². The first-order valence-electron chi connectivity index (χ1n) is 9.17. The van der Waals surface area contributed by atoms with Crippen LogP contribution >= 0.6 is 0 Å². The average Bonchev–Trinajstić information content (AvgIpc) is 2.56. The van der Waals surface area contributed by atoms with Crippen molar-refractivity contribution in [3.05, 3.63) is 41.7 Å². The summed E-state index contributed by atoms with van der Waals surface area (Å²) in [5, 5.41) is 0. The van der Waals surface area contributed by atoms with Crippen LogP contribution in [0.2, 0.25) is 0 Å². The zero-order valence-electron chi connectivity index (χ0n) is 14.1. The summed E-state index contributed by atoms with van der Waals surface area (Å²) in [6.07, 6.45) is 16.0. The van der Waals surface area contributed by atoms with E-state index >= 15 is 0 Å². The van der Waals surface area contributed by atoms with Gasteiger partial charge >= 0.3 is 0 Å². The van der Waals surface area contributed by atoms with Gasteiger partial charge in [0.1, 0.15) is 0 Å². The second kappa shape index (κ2) is 9.82. The summed E-state index contributed by atoms with van der Waals surface area (Å²) >= 11 is 0. The highest BCUT2D eigenvalue weighted by molar-refractivity contribution is 5.48. The molecule has 0 amide bonds. The molecule has 0 saturated heterocycles. The molecular weight excluding hydrogens is 271 g/mol. The molecule has 1 fully saturated rings. The number of rotatable bonds is 8. The predicted octanol–water partition coefficient (Wildman–Crippen LogP) is 6.95. The standard InChI is InChI=1S/C21H31F/c1-2-3-4-5-18-6-8-19(9-7-18)10-11-20-12-14-21(15-13-20)16-17-22/h12-19H,2-11H2,1H3/b17-16+. The summed E-state index contributed by atoms with van der Waals surface area (Å²) in [4.78, 5) is 0. The van der Waals surface area contributed by atoms with E-state index in [9.17, 15) is 4.39 Å². The monoisotopic (exact) mass is 302 g/mol. The highest BCUT2D eigenvalue weighted by atomic mass is 19.1. The number of hydrogen-bond acceptors (Lipinski definition) is 0. The molecule has 0 unspecified atom stereocenters. The van der Waals surface area contributed by atoms with Gasteiger partial charge in [-0.15, -0.1) is 0 Å². The van der Waals surface area contributed by atoms with Crippen molar-refractivity contribution in [3.63, 3.8) is 0 Å². The van der Waals surface area contributed by atoms with Crippen LogP contribution in [0.1, 0.15) is 75.8 Å². The van der Waals surface area contributed by atoms with E-state index < -0.39 is 0 Å². The molecule has 1 aliphatic rings. The maximum absolute atomic E-state index is 12.1. The Hall–Kier alpha value is -1.11. The third-order valence-electron chi connectivity index (χ3n) is 5.26. The minimum atomic E-state index is 0.605. The topological polar surface area (TPSA) is 0 Å².